The van der Waals surface area contributed by atoms with Crippen LogP contribution in [0.3, 0.4) is 0 Å². The topological polar surface area (TPSA) is 38.8 Å². The van der Waals surface area contributed by atoms with Crippen LogP contribution in [0, 0.1) is 0 Å². The molecule has 1 saturated heterocycles. The van der Waals surface area contributed by atoms with Gasteiger partial charge in [-0.05, 0) is 12.1 Å². The SMILES string of the molecule is C=C(F)c1c(C(=O)OC)cc(Cl)cc1N1CCOCC1. The van der Waals surface area contributed by atoms with E-state index in [1.807, 2.05) is 4.90 Å². The van der Waals surface area contributed by atoms with E-state index in [4.69, 9.17) is 16.3 Å². The van der Waals surface area contributed by atoms with Gasteiger partial charge in [0.25, 0.3) is 0 Å². The Hall–Kier alpha value is -1.59. The molecule has 0 spiro atoms. The number of esters is 1. The molecule has 1 aliphatic heterocycles. The van der Waals surface area contributed by atoms with Crippen molar-refractivity contribution in [2.75, 3.05) is 38.3 Å². The van der Waals surface area contributed by atoms with Gasteiger partial charge in [0, 0.05) is 29.4 Å². The Morgan fingerprint density at radius 2 is 2.10 bits per heavy atom. The number of nitrogens with zero attached hydrogens (tertiary/aromatic N) is 1. The van der Waals surface area contributed by atoms with Gasteiger partial charge < -0.3 is 14.4 Å². The molecule has 20 heavy (non-hydrogen) atoms. The largest absolute Gasteiger partial charge is 0.465 e. The molecule has 0 aliphatic carbocycles. The molecule has 0 N–H and O–H groups in total. The van der Waals surface area contributed by atoms with Gasteiger partial charge in [-0.15, -0.1) is 0 Å². The van der Waals surface area contributed by atoms with E-state index in [0.717, 1.165) is 0 Å². The number of carbonyl (C=O) groups is 1. The number of rotatable bonds is 3. The second-order valence-corrected chi connectivity index (χ2v) is 4.78. The van der Waals surface area contributed by atoms with Crippen LogP contribution in [0.15, 0.2) is 18.7 Å². The second-order valence-electron chi connectivity index (χ2n) is 4.34. The Morgan fingerprint density at radius 1 is 1.45 bits per heavy atom. The fourth-order valence-corrected chi connectivity index (χ4v) is 2.41. The average Bonchev–Trinajstić information content (AvgIpc) is 2.46. The zero-order chi connectivity index (χ0) is 14.7. The molecule has 6 heteroatoms. The summed E-state index contributed by atoms with van der Waals surface area (Å²) in [4.78, 5) is 13.7. The van der Waals surface area contributed by atoms with Gasteiger partial charge in [-0.3, -0.25) is 0 Å². The third kappa shape index (κ3) is 2.94. The highest BCUT2D eigenvalue weighted by atomic mass is 35.5. The first-order valence-electron chi connectivity index (χ1n) is 6.14. The summed E-state index contributed by atoms with van der Waals surface area (Å²) in [7, 11) is 1.24. The molecule has 0 saturated carbocycles. The van der Waals surface area contributed by atoms with Crippen LogP contribution in [0.1, 0.15) is 15.9 Å². The van der Waals surface area contributed by atoms with Gasteiger partial charge in [0.05, 0.1) is 25.9 Å². The number of hydrogen-bond donors (Lipinski definition) is 0. The van der Waals surface area contributed by atoms with Gasteiger partial charge in [-0.2, -0.15) is 0 Å². The number of methoxy groups -OCH3 is 1. The molecule has 1 aliphatic rings. The standard InChI is InChI=1S/C14H15ClFNO3/c1-9(16)13-11(14(18)19-2)7-10(15)8-12(13)17-3-5-20-6-4-17/h7-8H,1,3-6H2,2H3. The van der Waals surface area contributed by atoms with E-state index in [1.165, 1.54) is 13.2 Å². The summed E-state index contributed by atoms with van der Waals surface area (Å²) in [6.45, 7) is 5.59. The number of morpholine rings is 1. The quantitative estimate of drug-likeness (QED) is 0.805. The first-order valence-corrected chi connectivity index (χ1v) is 6.51. The molecule has 0 atom stereocenters. The van der Waals surface area contributed by atoms with Crippen LogP contribution in [-0.2, 0) is 9.47 Å². The lowest BCUT2D eigenvalue weighted by atomic mass is 10.0. The third-order valence-electron chi connectivity index (χ3n) is 3.11. The molecule has 0 unspecified atom stereocenters. The molecule has 4 nitrogen and oxygen atoms in total. The lowest BCUT2D eigenvalue weighted by molar-refractivity contribution is 0.0600. The Kier molecular flexibility index (Phi) is 4.62. The average molecular weight is 300 g/mol. The molecule has 1 aromatic carbocycles. The highest BCUT2D eigenvalue weighted by Gasteiger charge is 2.23. The highest BCUT2D eigenvalue weighted by molar-refractivity contribution is 6.31. The second kappa shape index (κ2) is 6.24. The Labute approximate surface area is 121 Å². The minimum absolute atomic E-state index is 0.0778. The van der Waals surface area contributed by atoms with Crippen LogP contribution in [0.25, 0.3) is 5.83 Å². The molecule has 1 heterocycles. The maximum absolute atomic E-state index is 13.8. The zero-order valence-corrected chi connectivity index (χ0v) is 11.9. The molecule has 0 bridgehead atoms. The summed E-state index contributed by atoms with van der Waals surface area (Å²) in [5.41, 5.74) is 0.742. The zero-order valence-electron chi connectivity index (χ0n) is 11.1. The summed E-state index contributed by atoms with van der Waals surface area (Å²) < 4.78 is 23.8. The minimum Gasteiger partial charge on any atom is -0.465 e. The Bertz CT molecular complexity index is 541. The molecule has 1 aromatic rings. The third-order valence-corrected chi connectivity index (χ3v) is 3.33. The summed E-state index contributed by atoms with van der Waals surface area (Å²) >= 11 is 6.03. The molecule has 2 rings (SSSR count). The Balaban J connectivity index is 2.56. The summed E-state index contributed by atoms with van der Waals surface area (Å²) in [5, 5.41) is 0.344. The van der Waals surface area contributed by atoms with E-state index in [0.29, 0.717) is 37.0 Å². The number of ether oxygens (including phenoxy) is 2. The predicted octanol–water partition coefficient (Wildman–Crippen LogP) is 2.90. The lowest BCUT2D eigenvalue weighted by Gasteiger charge is -2.31. The van der Waals surface area contributed by atoms with E-state index in [-0.39, 0.29) is 11.1 Å². The highest BCUT2D eigenvalue weighted by Crippen LogP contribution is 2.34. The van der Waals surface area contributed by atoms with Crippen molar-refractivity contribution in [2.24, 2.45) is 0 Å². The minimum atomic E-state index is -0.691. The number of carbonyl (C=O) groups excluding carboxylic acids is 1. The van der Waals surface area contributed by atoms with Crippen molar-refractivity contribution < 1.29 is 18.7 Å². The first kappa shape index (κ1) is 14.8. The molecular weight excluding hydrogens is 285 g/mol. The summed E-state index contributed by atoms with van der Waals surface area (Å²) in [6.07, 6.45) is 0. The van der Waals surface area contributed by atoms with Gasteiger partial charge >= 0.3 is 5.97 Å². The molecule has 108 valence electrons. The van der Waals surface area contributed by atoms with Gasteiger partial charge in [0.2, 0.25) is 0 Å². The van der Waals surface area contributed by atoms with E-state index < -0.39 is 11.8 Å². The van der Waals surface area contributed by atoms with Crippen molar-refractivity contribution in [3.63, 3.8) is 0 Å². The molecule has 0 radical (unpaired) electrons. The number of halogens is 2. The molecule has 0 amide bonds. The fourth-order valence-electron chi connectivity index (χ4n) is 2.20. The lowest BCUT2D eigenvalue weighted by Crippen LogP contribution is -2.37. The fraction of sp³-hybridized carbons (Fsp3) is 0.357. The van der Waals surface area contributed by atoms with Crippen LogP contribution in [0.5, 0.6) is 0 Å². The smallest absolute Gasteiger partial charge is 0.338 e. The van der Waals surface area contributed by atoms with Crippen LogP contribution < -0.4 is 4.90 Å². The number of benzene rings is 1. The van der Waals surface area contributed by atoms with E-state index >= 15 is 0 Å². The monoisotopic (exact) mass is 299 g/mol. The van der Waals surface area contributed by atoms with Gasteiger partial charge in [0.15, 0.2) is 0 Å². The molecular formula is C14H15ClFNO3. The van der Waals surface area contributed by atoms with Crippen molar-refractivity contribution >= 4 is 29.1 Å². The van der Waals surface area contributed by atoms with Crippen LogP contribution >= 0.6 is 11.6 Å². The maximum Gasteiger partial charge on any atom is 0.338 e. The first-order chi connectivity index (χ1) is 9.54. The number of hydrogen-bond acceptors (Lipinski definition) is 4. The van der Waals surface area contributed by atoms with Crippen LogP contribution in [0.4, 0.5) is 10.1 Å². The van der Waals surface area contributed by atoms with Crippen LogP contribution in [-0.4, -0.2) is 39.4 Å². The summed E-state index contributed by atoms with van der Waals surface area (Å²) in [6, 6.07) is 3.01. The normalized spacial score (nSPS) is 15.1. The van der Waals surface area contributed by atoms with Crippen molar-refractivity contribution in [1.29, 1.82) is 0 Å². The number of anilines is 1. The maximum atomic E-state index is 13.8. The van der Waals surface area contributed by atoms with Gasteiger partial charge in [0.1, 0.15) is 5.83 Å². The van der Waals surface area contributed by atoms with Crippen molar-refractivity contribution in [3.8, 4) is 0 Å². The van der Waals surface area contributed by atoms with E-state index in [9.17, 15) is 9.18 Å². The molecule has 0 aromatic heterocycles. The van der Waals surface area contributed by atoms with Gasteiger partial charge in [-0.1, -0.05) is 18.2 Å². The van der Waals surface area contributed by atoms with Crippen molar-refractivity contribution in [1.82, 2.24) is 0 Å². The van der Waals surface area contributed by atoms with E-state index in [1.54, 1.807) is 6.07 Å². The van der Waals surface area contributed by atoms with E-state index in [2.05, 4.69) is 11.3 Å². The van der Waals surface area contributed by atoms with Crippen molar-refractivity contribution in [3.05, 3.63) is 34.9 Å². The summed E-state index contributed by atoms with van der Waals surface area (Å²) in [5.74, 6) is -1.33. The van der Waals surface area contributed by atoms with Crippen LogP contribution in [0.2, 0.25) is 5.02 Å². The Morgan fingerprint density at radius 3 is 2.65 bits per heavy atom. The molecule has 1 fully saturated rings. The van der Waals surface area contributed by atoms with Crippen molar-refractivity contribution in [2.45, 2.75) is 0 Å². The van der Waals surface area contributed by atoms with Gasteiger partial charge in [-0.25, -0.2) is 9.18 Å². The predicted molar refractivity (Wildman–Crippen MR) is 76.0 cm³/mol.